The first-order valence-electron chi connectivity index (χ1n) is 10.2. The van der Waals surface area contributed by atoms with Crippen molar-refractivity contribution in [3.05, 3.63) is 24.3 Å². The van der Waals surface area contributed by atoms with Crippen LogP contribution in [0.15, 0.2) is 33.5 Å². The number of amides is 2. The summed E-state index contributed by atoms with van der Waals surface area (Å²) in [5.41, 5.74) is 0.507. The highest BCUT2D eigenvalue weighted by atomic mass is 32.2. The van der Waals surface area contributed by atoms with Gasteiger partial charge in [0.1, 0.15) is 0 Å². The van der Waals surface area contributed by atoms with E-state index in [2.05, 4.69) is 20.8 Å². The number of carbonyl (C=O) groups is 2. The molecular weight excluding hydrogens is 474 g/mol. The zero-order chi connectivity index (χ0) is 23.0. The number of aromatic nitrogens is 2. The van der Waals surface area contributed by atoms with Gasteiger partial charge < -0.3 is 10.1 Å². The summed E-state index contributed by atoms with van der Waals surface area (Å²) in [5, 5.41) is 13.2. The molecule has 3 rings (SSSR count). The lowest BCUT2D eigenvalue weighted by Crippen LogP contribution is -2.31. The lowest BCUT2D eigenvalue weighted by Gasteiger charge is -2.20. The molecule has 0 spiro atoms. The molecule has 1 aliphatic rings. The normalized spacial score (nSPS) is 15.0. The standard InChI is InChI=1S/C19H25N5O5S3/c1-2-29-18(26)21-17-22-23-19(31-17)30-13-16(25)20-14-7-9-15(10-8-14)32(27,28)24-11-5-3-4-6-12-24/h7-10H,2-6,11-13H2,1H3,(H,20,25)(H,21,22,26). The van der Waals surface area contributed by atoms with Crippen LogP contribution in [-0.2, 0) is 19.6 Å². The molecule has 13 heteroatoms. The average molecular weight is 500 g/mol. The van der Waals surface area contributed by atoms with Gasteiger partial charge in [-0.05, 0) is 44.0 Å². The van der Waals surface area contributed by atoms with Gasteiger partial charge >= 0.3 is 6.09 Å². The molecule has 2 aromatic rings. The van der Waals surface area contributed by atoms with Crippen LogP contribution in [0.5, 0.6) is 0 Å². The number of hydrogen-bond acceptors (Lipinski definition) is 9. The molecule has 174 valence electrons. The van der Waals surface area contributed by atoms with Gasteiger partial charge in [0.25, 0.3) is 0 Å². The minimum Gasteiger partial charge on any atom is -0.450 e. The third kappa shape index (κ3) is 6.89. The Kier molecular flexibility index (Phi) is 8.84. The number of hydrogen-bond donors (Lipinski definition) is 2. The van der Waals surface area contributed by atoms with Crippen molar-refractivity contribution in [2.75, 3.05) is 36.1 Å². The molecule has 32 heavy (non-hydrogen) atoms. The molecule has 10 nitrogen and oxygen atoms in total. The Morgan fingerprint density at radius 1 is 1.09 bits per heavy atom. The van der Waals surface area contributed by atoms with Crippen molar-refractivity contribution in [1.29, 1.82) is 0 Å². The first-order chi connectivity index (χ1) is 15.4. The molecule has 0 radical (unpaired) electrons. The van der Waals surface area contributed by atoms with Gasteiger partial charge in [-0.3, -0.25) is 10.1 Å². The maximum absolute atomic E-state index is 12.8. The lowest BCUT2D eigenvalue weighted by molar-refractivity contribution is -0.113. The molecule has 0 atom stereocenters. The Labute approximate surface area is 195 Å². The summed E-state index contributed by atoms with van der Waals surface area (Å²) in [5.74, 6) is -0.185. The van der Waals surface area contributed by atoms with Crippen molar-refractivity contribution >= 4 is 55.9 Å². The van der Waals surface area contributed by atoms with E-state index in [1.54, 1.807) is 19.1 Å². The Bertz CT molecular complexity index is 1020. The molecule has 0 saturated carbocycles. The Morgan fingerprint density at radius 2 is 1.78 bits per heavy atom. The minimum absolute atomic E-state index is 0.0852. The molecule has 0 aliphatic carbocycles. The predicted molar refractivity (Wildman–Crippen MR) is 124 cm³/mol. The van der Waals surface area contributed by atoms with Crippen molar-refractivity contribution in [3.63, 3.8) is 0 Å². The van der Waals surface area contributed by atoms with E-state index in [1.807, 2.05) is 0 Å². The van der Waals surface area contributed by atoms with E-state index in [1.165, 1.54) is 28.2 Å². The molecule has 2 N–H and O–H groups in total. The highest BCUT2D eigenvalue weighted by Crippen LogP contribution is 2.26. The first kappa shape index (κ1) is 24.4. The maximum Gasteiger partial charge on any atom is 0.413 e. The zero-order valence-corrected chi connectivity index (χ0v) is 20.0. The van der Waals surface area contributed by atoms with Crippen molar-refractivity contribution in [2.24, 2.45) is 0 Å². The van der Waals surface area contributed by atoms with Gasteiger partial charge in [0.05, 0.1) is 17.3 Å². The number of thioether (sulfide) groups is 1. The lowest BCUT2D eigenvalue weighted by atomic mass is 10.2. The Balaban J connectivity index is 1.50. The van der Waals surface area contributed by atoms with E-state index in [0.29, 0.717) is 23.1 Å². The van der Waals surface area contributed by atoms with Gasteiger partial charge in [-0.25, -0.2) is 13.2 Å². The second kappa shape index (κ2) is 11.6. The van der Waals surface area contributed by atoms with Gasteiger partial charge in [0.15, 0.2) is 4.34 Å². The number of nitrogens with zero attached hydrogens (tertiary/aromatic N) is 3. The quantitative estimate of drug-likeness (QED) is 0.417. The number of anilines is 2. The second-order valence-electron chi connectivity index (χ2n) is 6.90. The second-order valence-corrected chi connectivity index (χ2v) is 11.0. The number of benzene rings is 1. The van der Waals surface area contributed by atoms with Crippen molar-refractivity contribution in [2.45, 2.75) is 41.8 Å². The zero-order valence-electron chi connectivity index (χ0n) is 17.6. The van der Waals surface area contributed by atoms with Crippen molar-refractivity contribution in [3.8, 4) is 0 Å². The molecule has 2 amide bonds. The summed E-state index contributed by atoms with van der Waals surface area (Å²) < 4.78 is 32.5. The van der Waals surface area contributed by atoms with E-state index < -0.39 is 16.1 Å². The van der Waals surface area contributed by atoms with Crippen LogP contribution in [0, 0.1) is 0 Å². The molecule has 1 aromatic heterocycles. The van der Waals surface area contributed by atoms with Crippen LogP contribution in [0.1, 0.15) is 32.6 Å². The fourth-order valence-corrected chi connectivity index (χ4v) is 6.09. The van der Waals surface area contributed by atoms with Crippen LogP contribution in [0.4, 0.5) is 15.6 Å². The van der Waals surface area contributed by atoms with Gasteiger partial charge in [0.2, 0.25) is 21.1 Å². The SMILES string of the molecule is CCOC(=O)Nc1nnc(SCC(=O)Nc2ccc(S(=O)(=O)N3CCCCCC3)cc2)s1. The summed E-state index contributed by atoms with van der Waals surface area (Å²) >= 11 is 2.31. The molecule has 1 saturated heterocycles. The van der Waals surface area contributed by atoms with Crippen LogP contribution in [0.2, 0.25) is 0 Å². The molecule has 0 unspecified atom stereocenters. The highest BCUT2D eigenvalue weighted by Gasteiger charge is 2.25. The van der Waals surface area contributed by atoms with Crippen LogP contribution in [-0.4, -0.2) is 60.4 Å². The van der Waals surface area contributed by atoms with Gasteiger partial charge in [-0.1, -0.05) is 35.9 Å². The topological polar surface area (TPSA) is 131 Å². The first-order valence-corrected chi connectivity index (χ1v) is 13.4. The smallest absolute Gasteiger partial charge is 0.413 e. The van der Waals surface area contributed by atoms with Gasteiger partial charge in [-0.15, -0.1) is 10.2 Å². The number of rotatable bonds is 8. The number of nitrogens with one attached hydrogen (secondary N) is 2. The van der Waals surface area contributed by atoms with Gasteiger partial charge in [0, 0.05) is 18.8 Å². The summed E-state index contributed by atoms with van der Waals surface area (Å²) in [6.07, 6.45) is 3.24. The van der Waals surface area contributed by atoms with E-state index in [4.69, 9.17) is 4.74 Å². The molecular formula is C19H25N5O5S3. The monoisotopic (exact) mass is 499 g/mol. The summed E-state index contributed by atoms with van der Waals surface area (Å²) in [4.78, 5) is 23.8. The minimum atomic E-state index is -3.52. The predicted octanol–water partition coefficient (Wildman–Crippen LogP) is 3.40. The van der Waals surface area contributed by atoms with E-state index in [-0.39, 0.29) is 28.3 Å². The third-order valence-electron chi connectivity index (χ3n) is 4.56. The van der Waals surface area contributed by atoms with Crippen LogP contribution in [0.3, 0.4) is 0 Å². The van der Waals surface area contributed by atoms with E-state index in [9.17, 15) is 18.0 Å². The van der Waals surface area contributed by atoms with Crippen LogP contribution < -0.4 is 10.6 Å². The average Bonchev–Trinajstić information content (AvgIpc) is 3.02. The maximum atomic E-state index is 12.8. The van der Waals surface area contributed by atoms with Crippen molar-refractivity contribution in [1.82, 2.24) is 14.5 Å². The van der Waals surface area contributed by atoms with Crippen molar-refractivity contribution < 1.29 is 22.7 Å². The molecule has 0 bridgehead atoms. The van der Waals surface area contributed by atoms with E-state index in [0.717, 1.165) is 37.0 Å². The molecule has 2 heterocycles. The number of carbonyl (C=O) groups excluding carboxylic acids is 2. The van der Waals surface area contributed by atoms with Crippen LogP contribution in [0.25, 0.3) is 0 Å². The summed E-state index contributed by atoms with van der Waals surface area (Å²) in [6, 6.07) is 6.20. The van der Waals surface area contributed by atoms with Crippen LogP contribution >= 0.6 is 23.1 Å². The number of sulfonamides is 1. The fourth-order valence-electron chi connectivity index (χ4n) is 3.04. The number of ether oxygens (including phenoxy) is 1. The molecule has 1 fully saturated rings. The van der Waals surface area contributed by atoms with Gasteiger partial charge in [-0.2, -0.15) is 4.31 Å². The summed E-state index contributed by atoms with van der Waals surface area (Å²) in [6.45, 7) is 3.03. The summed E-state index contributed by atoms with van der Waals surface area (Å²) in [7, 11) is -3.52. The Morgan fingerprint density at radius 3 is 2.44 bits per heavy atom. The highest BCUT2D eigenvalue weighted by molar-refractivity contribution is 8.01. The molecule has 1 aromatic carbocycles. The largest absolute Gasteiger partial charge is 0.450 e. The van der Waals surface area contributed by atoms with E-state index >= 15 is 0 Å². The third-order valence-corrected chi connectivity index (χ3v) is 8.44. The Hall–Kier alpha value is -2.22. The fraction of sp³-hybridized carbons (Fsp3) is 0.474. The molecule has 1 aliphatic heterocycles.